The van der Waals surface area contributed by atoms with Crippen molar-refractivity contribution in [2.75, 3.05) is 0 Å². The molecule has 1 aliphatic rings. The van der Waals surface area contributed by atoms with E-state index < -0.39 is 6.10 Å². The maximum Gasteiger partial charge on any atom is 0.114 e. The number of hydrogen-bond acceptors (Lipinski definition) is 2. The predicted molar refractivity (Wildman–Crippen MR) is 87.3 cm³/mol. The summed E-state index contributed by atoms with van der Waals surface area (Å²) in [6.07, 6.45) is 11.7. The molecule has 1 aliphatic heterocycles. The lowest BCUT2D eigenvalue weighted by atomic mass is 10.0. The molecule has 0 amide bonds. The van der Waals surface area contributed by atoms with Gasteiger partial charge in [-0.15, -0.1) is 0 Å². The lowest BCUT2D eigenvalue weighted by Gasteiger charge is -2.07. The van der Waals surface area contributed by atoms with Gasteiger partial charge in [0, 0.05) is 0 Å². The van der Waals surface area contributed by atoms with Crippen LogP contribution >= 0.6 is 0 Å². The van der Waals surface area contributed by atoms with E-state index >= 15 is 0 Å². The summed E-state index contributed by atoms with van der Waals surface area (Å²) in [6, 6.07) is 9.85. The summed E-state index contributed by atoms with van der Waals surface area (Å²) in [6.45, 7) is 2.26. The van der Waals surface area contributed by atoms with E-state index in [2.05, 4.69) is 6.92 Å². The SMILES string of the molecule is CCCCCCCCCC[C@H]1O[C@@H]1C(O)c1ccccc1. The molecule has 2 rings (SSSR count). The van der Waals surface area contributed by atoms with Gasteiger partial charge in [0.05, 0.1) is 6.10 Å². The van der Waals surface area contributed by atoms with Gasteiger partial charge in [0.2, 0.25) is 0 Å². The molecule has 2 heteroatoms. The Morgan fingerprint density at radius 3 is 2.24 bits per heavy atom. The summed E-state index contributed by atoms with van der Waals surface area (Å²) in [5, 5.41) is 10.2. The van der Waals surface area contributed by atoms with Crippen LogP contribution in [0.15, 0.2) is 30.3 Å². The van der Waals surface area contributed by atoms with Gasteiger partial charge in [-0.05, 0) is 12.0 Å². The van der Waals surface area contributed by atoms with Crippen LogP contribution in [0.3, 0.4) is 0 Å². The van der Waals surface area contributed by atoms with Crippen molar-refractivity contribution in [3.05, 3.63) is 35.9 Å². The monoisotopic (exact) mass is 290 g/mol. The molecule has 1 saturated heterocycles. The van der Waals surface area contributed by atoms with Crippen LogP contribution in [0, 0.1) is 0 Å². The molecule has 0 aliphatic carbocycles. The molecule has 1 aromatic carbocycles. The molecule has 1 aromatic rings. The molecule has 0 aromatic heterocycles. The number of rotatable bonds is 11. The summed E-state index contributed by atoms with van der Waals surface area (Å²) >= 11 is 0. The Labute approximate surface area is 129 Å². The number of unbranched alkanes of at least 4 members (excludes halogenated alkanes) is 7. The van der Waals surface area contributed by atoms with E-state index in [4.69, 9.17) is 4.74 Å². The van der Waals surface area contributed by atoms with E-state index in [1.807, 2.05) is 30.3 Å². The summed E-state index contributed by atoms with van der Waals surface area (Å²) < 4.78 is 5.64. The zero-order valence-corrected chi connectivity index (χ0v) is 13.3. The van der Waals surface area contributed by atoms with E-state index in [0.717, 1.165) is 12.0 Å². The minimum Gasteiger partial charge on any atom is -0.386 e. The van der Waals surface area contributed by atoms with Gasteiger partial charge in [-0.25, -0.2) is 0 Å². The Morgan fingerprint density at radius 2 is 1.57 bits per heavy atom. The smallest absolute Gasteiger partial charge is 0.114 e. The van der Waals surface area contributed by atoms with Crippen molar-refractivity contribution < 1.29 is 9.84 Å². The molecule has 0 radical (unpaired) electrons. The van der Waals surface area contributed by atoms with Crippen LogP contribution in [0.25, 0.3) is 0 Å². The molecule has 1 fully saturated rings. The number of epoxide rings is 1. The van der Waals surface area contributed by atoms with Gasteiger partial charge in [-0.3, -0.25) is 0 Å². The molecule has 3 atom stereocenters. The van der Waals surface area contributed by atoms with Crippen LogP contribution in [0.2, 0.25) is 0 Å². The van der Waals surface area contributed by atoms with E-state index in [-0.39, 0.29) is 12.2 Å². The van der Waals surface area contributed by atoms with Crippen LogP contribution in [0.1, 0.15) is 76.4 Å². The Balaban J connectivity index is 1.50. The predicted octanol–water partition coefficient (Wildman–Crippen LogP) is 5.02. The lowest BCUT2D eigenvalue weighted by molar-refractivity contribution is 0.137. The van der Waals surface area contributed by atoms with Crippen LogP contribution < -0.4 is 0 Å². The minimum absolute atomic E-state index is 0.0250. The Morgan fingerprint density at radius 1 is 0.952 bits per heavy atom. The van der Waals surface area contributed by atoms with Crippen molar-refractivity contribution in [1.82, 2.24) is 0 Å². The Kier molecular flexibility index (Phi) is 7.25. The second kappa shape index (κ2) is 9.22. The molecule has 118 valence electrons. The lowest BCUT2D eigenvalue weighted by Crippen LogP contribution is -2.08. The number of ether oxygens (including phenoxy) is 1. The zero-order valence-electron chi connectivity index (χ0n) is 13.3. The summed E-state index contributed by atoms with van der Waals surface area (Å²) in [4.78, 5) is 0. The molecule has 0 bridgehead atoms. The van der Waals surface area contributed by atoms with Crippen molar-refractivity contribution in [1.29, 1.82) is 0 Å². The Hall–Kier alpha value is -0.860. The second-order valence-corrected chi connectivity index (χ2v) is 6.26. The zero-order chi connectivity index (χ0) is 14.9. The highest BCUT2D eigenvalue weighted by Crippen LogP contribution is 2.37. The molecule has 1 N–H and O–H groups in total. The molecular formula is C19H30O2. The van der Waals surface area contributed by atoms with Gasteiger partial charge in [-0.1, -0.05) is 88.6 Å². The maximum atomic E-state index is 10.2. The largest absolute Gasteiger partial charge is 0.386 e. The third-order valence-corrected chi connectivity index (χ3v) is 4.42. The first kappa shape index (κ1) is 16.5. The maximum absolute atomic E-state index is 10.2. The van der Waals surface area contributed by atoms with Crippen molar-refractivity contribution in [3.8, 4) is 0 Å². The molecule has 0 spiro atoms. The third-order valence-electron chi connectivity index (χ3n) is 4.42. The fraction of sp³-hybridized carbons (Fsp3) is 0.684. The summed E-state index contributed by atoms with van der Waals surface area (Å²) in [5.74, 6) is 0. The van der Waals surface area contributed by atoms with Crippen molar-refractivity contribution in [3.63, 3.8) is 0 Å². The standard InChI is InChI=1S/C19H30O2/c1-2-3-4-5-6-7-8-12-15-17-19(21-17)18(20)16-13-10-9-11-14-16/h9-11,13-14,17-20H,2-8,12,15H2,1H3/t17-,18?,19+/m1/s1. The topological polar surface area (TPSA) is 32.8 Å². The molecule has 1 unspecified atom stereocenters. The van der Waals surface area contributed by atoms with Crippen LogP contribution in [0.5, 0.6) is 0 Å². The highest BCUT2D eigenvalue weighted by Gasteiger charge is 2.43. The summed E-state index contributed by atoms with van der Waals surface area (Å²) in [5.41, 5.74) is 0.973. The van der Waals surface area contributed by atoms with E-state index in [9.17, 15) is 5.11 Å². The Bertz CT molecular complexity index is 376. The minimum atomic E-state index is -0.453. The molecule has 21 heavy (non-hydrogen) atoms. The number of aliphatic hydroxyl groups excluding tert-OH is 1. The van der Waals surface area contributed by atoms with Crippen LogP contribution in [0.4, 0.5) is 0 Å². The van der Waals surface area contributed by atoms with Crippen LogP contribution in [-0.2, 0) is 4.74 Å². The fourth-order valence-electron chi connectivity index (χ4n) is 2.99. The highest BCUT2D eigenvalue weighted by atomic mass is 16.6. The molecule has 2 nitrogen and oxygen atoms in total. The van der Waals surface area contributed by atoms with Crippen molar-refractivity contribution in [2.24, 2.45) is 0 Å². The first-order valence-corrected chi connectivity index (χ1v) is 8.71. The first-order valence-electron chi connectivity index (χ1n) is 8.71. The average molecular weight is 290 g/mol. The quantitative estimate of drug-likeness (QED) is 0.458. The highest BCUT2D eigenvalue weighted by molar-refractivity contribution is 5.20. The van der Waals surface area contributed by atoms with Crippen molar-refractivity contribution >= 4 is 0 Å². The first-order chi connectivity index (χ1) is 10.3. The van der Waals surface area contributed by atoms with Gasteiger partial charge in [0.25, 0.3) is 0 Å². The van der Waals surface area contributed by atoms with Gasteiger partial charge < -0.3 is 9.84 Å². The van der Waals surface area contributed by atoms with Gasteiger partial charge in [0.15, 0.2) is 0 Å². The van der Waals surface area contributed by atoms with Gasteiger partial charge >= 0.3 is 0 Å². The molecule has 1 heterocycles. The average Bonchev–Trinajstić information content (AvgIpc) is 3.29. The third kappa shape index (κ3) is 5.80. The van der Waals surface area contributed by atoms with Crippen LogP contribution in [-0.4, -0.2) is 17.3 Å². The molecular weight excluding hydrogens is 260 g/mol. The van der Waals surface area contributed by atoms with E-state index in [1.165, 1.54) is 51.4 Å². The number of benzene rings is 1. The normalized spacial score (nSPS) is 22.2. The summed E-state index contributed by atoms with van der Waals surface area (Å²) in [7, 11) is 0. The van der Waals surface area contributed by atoms with E-state index in [0.29, 0.717) is 0 Å². The van der Waals surface area contributed by atoms with Crippen molar-refractivity contribution in [2.45, 2.75) is 83.0 Å². The number of hydrogen-bond donors (Lipinski definition) is 1. The van der Waals surface area contributed by atoms with E-state index in [1.54, 1.807) is 0 Å². The van der Waals surface area contributed by atoms with Gasteiger partial charge in [0.1, 0.15) is 12.2 Å². The number of aliphatic hydroxyl groups is 1. The second-order valence-electron chi connectivity index (χ2n) is 6.26. The fourth-order valence-corrected chi connectivity index (χ4v) is 2.99. The van der Waals surface area contributed by atoms with Gasteiger partial charge in [-0.2, -0.15) is 0 Å². The molecule has 0 saturated carbocycles.